The lowest BCUT2D eigenvalue weighted by atomic mass is 10.1. The Hall–Kier alpha value is -3.54. The van der Waals surface area contributed by atoms with Gasteiger partial charge < -0.3 is 19.6 Å². The summed E-state index contributed by atoms with van der Waals surface area (Å²) in [5.74, 6) is 1.96. The number of carbonyl (C=O) groups excluding carboxylic acids is 1. The van der Waals surface area contributed by atoms with Crippen LogP contribution in [0, 0.1) is 6.92 Å². The largest absolute Gasteiger partial charge is 0.497 e. The number of pyridine rings is 1. The minimum atomic E-state index is -0.510. The van der Waals surface area contributed by atoms with E-state index >= 15 is 0 Å². The molecule has 0 atom stereocenters. The van der Waals surface area contributed by atoms with E-state index in [1.807, 2.05) is 18.2 Å². The van der Waals surface area contributed by atoms with Gasteiger partial charge in [0.25, 0.3) is 5.91 Å². The zero-order chi connectivity index (χ0) is 18.3. The lowest BCUT2D eigenvalue weighted by Crippen LogP contribution is -2.11. The molecule has 0 aliphatic carbocycles. The Bertz CT molecular complexity index is 1150. The Morgan fingerprint density at radius 1 is 1.08 bits per heavy atom. The lowest BCUT2D eigenvalue weighted by Gasteiger charge is -2.09. The van der Waals surface area contributed by atoms with E-state index in [1.54, 1.807) is 44.5 Å². The van der Waals surface area contributed by atoms with Crippen LogP contribution < -0.4 is 15.2 Å². The van der Waals surface area contributed by atoms with Crippen LogP contribution in [0.2, 0.25) is 0 Å². The maximum Gasteiger partial charge on any atom is 0.252 e. The summed E-state index contributed by atoms with van der Waals surface area (Å²) < 4.78 is 16.9. The summed E-state index contributed by atoms with van der Waals surface area (Å²) in [5, 5.41) is 1.54. The van der Waals surface area contributed by atoms with Crippen LogP contribution in [0.5, 0.6) is 17.2 Å². The summed E-state index contributed by atoms with van der Waals surface area (Å²) in [6.07, 6.45) is 1.68. The zero-order valence-corrected chi connectivity index (χ0v) is 14.3. The summed E-state index contributed by atoms with van der Waals surface area (Å²) in [6.45, 7) is 1.71. The van der Waals surface area contributed by atoms with Crippen LogP contribution in [0.15, 0.2) is 53.1 Å². The highest BCUT2D eigenvalue weighted by Gasteiger charge is 2.16. The number of aromatic nitrogens is 1. The number of primary amides is 1. The van der Waals surface area contributed by atoms with Gasteiger partial charge in [-0.3, -0.25) is 9.78 Å². The number of hydrogen-bond acceptors (Lipinski definition) is 5. The molecule has 26 heavy (non-hydrogen) atoms. The van der Waals surface area contributed by atoms with Crippen molar-refractivity contribution in [2.75, 3.05) is 7.11 Å². The first-order chi connectivity index (χ1) is 12.6. The van der Waals surface area contributed by atoms with E-state index in [4.69, 9.17) is 19.6 Å². The smallest absolute Gasteiger partial charge is 0.252 e. The van der Waals surface area contributed by atoms with Gasteiger partial charge in [0, 0.05) is 29.1 Å². The van der Waals surface area contributed by atoms with E-state index in [9.17, 15) is 4.79 Å². The second-order valence-corrected chi connectivity index (χ2v) is 5.85. The summed E-state index contributed by atoms with van der Waals surface area (Å²) in [5.41, 5.74) is 7.14. The molecule has 2 heterocycles. The molecule has 2 aromatic carbocycles. The fourth-order valence-electron chi connectivity index (χ4n) is 3.01. The van der Waals surface area contributed by atoms with Crippen molar-refractivity contribution in [1.29, 1.82) is 0 Å². The number of benzene rings is 2. The van der Waals surface area contributed by atoms with Crippen LogP contribution in [0.3, 0.4) is 0 Å². The Kier molecular flexibility index (Phi) is 3.73. The van der Waals surface area contributed by atoms with Gasteiger partial charge >= 0.3 is 0 Å². The molecule has 0 radical (unpaired) electrons. The van der Waals surface area contributed by atoms with E-state index in [0.29, 0.717) is 33.8 Å². The van der Waals surface area contributed by atoms with E-state index < -0.39 is 5.91 Å². The van der Waals surface area contributed by atoms with Crippen molar-refractivity contribution >= 4 is 27.8 Å². The van der Waals surface area contributed by atoms with Gasteiger partial charge in [-0.15, -0.1) is 0 Å². The van der Waals surface area contributed by atoms with E-state index in [1.165, 1.54) is 0 Å². The number of furan rings is 1. The van der Waals surface area contributed by atoms with Gasteiger partial charge in [-0.25, -0.2) is 0 Å². The van der Waals surface area contributed by atoms with E-state index in [2.05, 4.69) is 4.98 Å². The zero-order valence-electron chi connectivity index (χ0n) is 14.3. The van der Waals surface area contributed by atoms with Crippen LogP contribution >= 0.6 is 0 Å². The Balaban J connectivity index is 1.76. The summed E-state index contributed by atoms with van der Waals surface area (Å²) in [6, 6.07) is 12.7. The molecule has 2 N–H and O–H groups in total. The highest BCUT2D eigenvalue weighted by atomic mass is 16.5. The number of ether oxygens (including phenoxy) is 2. The Labute approximate surface area is 149 Å². The molecule has 0 saturated heterocycles. The summed E-state index contributed by atoms with van der Waals surface area (Å²) in [7, 11) is 1.61. The molecular formula is C20H16N2O4. The van der Waals surface area contributed by atoms with E-state index in [-0.39, 0.29) is 0 Å². The number of amides is 1. The fourth-order valence-corrected chi connectivity index (χ4v) is 3.01. The molecule has 4 aromatic rings. The van der Waals surface area contributed by atoms with E-state index in [0.717, 1.165) is 16.7 Å². The van der Waals surface area contributed by atoms with Crippen molar-refractivity contribution in [3.8, 4) is 17.2 Å². The van der Waals surface area contributed by atoms with Gasteiger partial charge in [-0.2, -0.15) is 0 Å². The third-order valence-corrected chi connectivity index (χ3v) is 4.22. The Morgan fingerprint density at radius 2 is 1.85 bits per heavy atom. The molecular weight excluding hydrogens is 332 g/mol. The number of nitrogens with two attached hydrogens (primary N) is 1. The average Bonchev–Trinajstić information content (AvgIpc) is 2.96. The minimum Gasteiger partial charge on any atom is -0.497 e. The fraction of sp³-hybridized carbons (Fsp3) is 0.100. The van der Waals surface area contributed by atoms with Crippen LogP contribution in [0.4, 0.5) is 0 Å². The topological polar surface area (TPSA) is 87.6 Å². The van der Waals surface area contributed by atoms with Gasteiger partial charge in [0.15, 0.2) is 0 Å². The average molecular weight is 348 g/mol. The summed E-state index contributed by atoms with van der Waals surface area (Å²) >= 11 is 0. The molecule has 0 spiro atoms. The number of fused-ring (bicyclic) bond motifs is 2. The molecule has 0 aliphatic heterocycles. The third-order valence-electron chi connectivity index (χ3n) is 4.22. The molecule has 0 fully saturated rings. The number of nitrogens with zero attached hydrogens (tertiary/aromatic N) is 1. The molecule has 130 valence electrons. The highest BCUT2D eigenvalue weighted by molar-refractivity contribution is 6.06. The van der Waals surface area contributed by atoms with Crippen LogP contribution in [-0.4, -0.2) is 18.0 Å². The minimum absolute atomic E-state index is 0.396. The number of methoxy groups -OCH3 is 1. The normalized spacial score (nSPS) is 11.0. The number of carbonyl (C=O) groups is 1. The second-order valence-electron chi connectivity index (χ2n) is 5.85. The number of aryl methyl sites for hydroxylation is 1. The monoisotopic (exact) mass is 348 g/mol. The maximum atomic E-state index is 11.6. The van der Waals surface area contributed by atoms with Crippen LogP contribution in [-0.2, 0) is 0 Å². The van der Waals surface area contributed by atoms with Crippen molar-refractivity contribution in [2.45, 2.75) is 6.92 Å². The highest BCUT2D eigenvalue weighted by Crippen LogP contribution is 2.34. The molecule has 0 unspecified atom stereocenters. The molecule has 2 aromatic heterocycles. The SMILES string of the molecule is COc1ccc2c(Oc3ccc4c(C(N)=O)c(C)oc4c3)ccnc2c1. The first-order valence-corrected chi connectivity index (χ1v) is 8.00. The van der Waals surface area contributed by atoms with Crippen LogP contribution in [0.1, 0.15) is 16.1 Å². The Morgan fingerprint density at radius 3 is 2.62 bits per heavy atom. The number of rotatable bonds is 4. The first kappa shape index (κ1) is 16.0. The van der Waals surface area contributed by atoms with Crippen molar-refractivity contribution in [3.63, 3.8) is 0 Å². The second kappa shape index (κ2) is 6.07. The predicted octanol–water partition coefficient (Wildman–Crippen LogP) is 4.19. The number of hydrogen-bond donors (Lipinski definition) is 1. The first-order valence-electron chi connectivity index (χ1n) is 8.00. The quantitative estimate of drug-likeness (QED) is 0.597. The van der Waals surface area contributed by atoms with Crippen molar-refractivity contribution < 1.29 is 18.7 Å². The van der Waals surface area contributed by atoms with Crippen molar-refractivity contribution in [3.05, 3.63) is 60.0 Å². The van der Waals surface area contributed by atoms with Gasteiger partial charge in [0.05, 0.1) is 18.2 Å². The van der Waals surface area contributed by atoms with Crippen molar-refractivity contribution in [1.82, 2.24) is 4.98 Å². The molecule has 0 bridgehead atoms. The summed E-state index contributed by atoms with van der Waals surface area (Å²) in [4.78, 5) is 15.9. The van der Waals surface area contributed by atoms with Gasteiger partial charge in [-0.1, -0.05) is 0 Å². The van der Waals surface area contributed by atoms with Crippen molar-refractivity contribution in [2.24, 2.45) is 5.73 Å². The lowest BCUT2D eigenvalue weighted by molar-refractivity contribution is 0.1000. The molecule has 1 amide bonds. The van der Waals surface area contributed by atoms with Crippen LogP contribution in [0.25, 0.3) is 21.9 Å². The predicted molar refractivity (Wildman–Crippen MR) is 97.8 cm³/mol. The molecule has 0 aliphatic rings. The standard InChI is InChI=1S/C20H16N2O4/c1-11-19(20(21)23)15-6-4-13(10-18(15)25-11)26-17-7-8-22-16-9-12(24-2)3-5-14(16)17/h3-10H,1-2H3,(H2,21,23). The van der Waals surface area contributed by atoms with Gasteiger partial charge in [0.1, 0.15) is 28.6 Å². The van der Waals surface area contributed by atoms with Gasteiger partial charge in [-0.05, 0) is 37.3 Å². The molecule has 0 saturated carbocycles. The third kappa shape index (κ3) is 2.61. The van der Waals surface area contributed by atoms with Gasteiger partial charge in [0.2, 0.25) is 0 Å². The maximum absolute atomic E-state index is 11.6. The molecule has 6 nitrogen and oxygen atoms in total. The molecule has 6 heteroatoms. The molecule has 4 rings (SSSR count).